The van der Waals surface area contributed by atoms with Gasteiger partial charge in [-0.15, -0.1) is 0 Å². The summed E-state index contributed by atoms with van der Waals surface area (Å²) in [7, 11) is 0. The van der Waals surface area contributed by atoms with Gasteiger partial charge in [-0.2, -0.15) is 5.26 Å². The lowest BCUT2D eigenvalue weighted by molar-refractivity contribution is -0.119. The predicted molar refractivity (Wildman–Crippen MR) is 71.4 cm³/mol. The fourth-order valence-electron chi connectivity index (χ4n) is 2.37. The Hall–Kier alpha value is -2.42. The van der Waals surface area contributed by atoms with Crippen molar-refractivity contribution in [2.45, 2.75) is 19.3 Å². The quantitative estimate of drug-likeness (QED) is 0.874. The van der Waals surface area contributed by atoms with Crippen LogP contribution in [0.2, 0.25) is 0 Å². The maximum absolute atomic E-state index is 12.2. The van der Waals surface area contributed by atoms with Crippen LogP contribution in [0.5, 0.6) is 0 Å². The number of carbonyl (C=O) groups excluding carboxylic acids is 2. The van der Waals surface area contributed by atoms with Crippen LogP contribution in [-0.4, -0.2) is 34.8 Å². The van der Waals surface area contributed by atoms with Crippen molar-refractivity contribution in [3.8, 4) is 6.07 Å². The predicted octanol–water partition coefficient (Wildman–Crippen LogP) is 0.681. The highest BCUT2D eigenvalue weighted by Gasteiger charge is 2.25. The van der Waals surface area contributed by atoms with Gasteiger partial charge in [0.05, 0.1) is 5.56 Å². The molecule has 20 heavy (non-hydrogen) atoms. The van der Waals surface area contributed by atoms with E-state index in [-0.39, 0.29) is 17.7 Å². The molecule has 2 N–H and O–H groups in total. The first-order valence-corrected chi connectivity index (χ1v) is 6.54. The number of pyridine rings is 1. The van der Waals surface area contributed by atoms with Crippen LogP contribution in [0.25, 0.3) is 0 Å². The molecule has 1 aliphatic rings. The van der Waals surface area contributed by atoms with Gasteiger partial charge in [0.2, 0.25) is 5.91 Å². The first kappa shape index (κ1) is 14.0. The molecule has 104 valence electrons. The zero-order chi connectivity index (χ0) is 14.5. The lowest BCUT2D eigenvalue weighted by Gasteiger charge is -2.31. The van der Waals surface area contributed by atoms with Gasteiger partial charge in [-0.1, -0.05) is 0 Å². The number of nitriles is 1. The minimum atomic E-state index is -0.288. The van der Waals surface area contributed by atoms with Gasteiger partial charge in [0.25, 0.3) is 5.91 Å². The van der Waals surface area contributed by atoms with Crippen molar-refractivity contribution in [3.05, 3.63) is 29.6 Å². The molecule has 2 heterocycles. The van der Waals surface area contributed by atoms with Crippen molar-refractivity contribution in [2.75, 3.05) is 13.1 Å². The van der Waals surface area contributed by atoms with Crippen LogP contribution in [0, 0.1) is 17.2 Å². The van der Waals surface area contributed by atoms with Crippen LogP contribution in [0.15, 0.2) is 18.3 Å². The van der Waals surface area contributed by atoms with Crippen molar-refractivity contribution >= 4 is 11.8 Å². The topological polar surface area (TPSA) is 100 Å². The summed E-state index contributed by atoms with van der Waals surface area (Å²) in [6.07, 6.45) is 3.35. The number of amides is 2. The smallest absolute Gasteiger partial charge is 0.272 e. The molecule has 6 heteroatoms. The second-order valence-electron chi connectivity index (χ2n) is 4.95. The van der Waals surface area contributed by atoms with E-state index in [1.807, 2.05) is 6.07 Å². The Labute approximate surface area is 117 Å². The van der Waals surface area contributed by atoms with Crippen LogP contribution in [0.4, 0.5) is 0 Å². The largest absolute Gasteiger partial charge is 0.370 e. The molecule has 2 rings (SSSR count). The average molecular weight is 272 g/mol. The third-order valence-corrected chi connectivity index (χ3v) is 3.50. The van der Waals surface area contributed by atoms with Gasteiger partial charge in [0.1, 0.15) is 11.8 Å². The molecule has 0 bridgehead atoms. The molecule has 0 radical (unpaired) electrons. The normalized spacial score (nSPS) is 15.7. The molecule has 0 aromatic carbocycles. The van der Waals surface area contributed by atoms with Gasteiger partial charge in [-0.3, -0.25) is 9.59 Å². The van der Waals surface area contributed by atoms with E-state index >= 15 is 0 Å². The summed E-state index contributed by atoms with van der Waals surface area (Å²) in [5, 5.41) is 8.69. The first-order valence-electron chi connectivity index (χ1n) is 6.54. The van der Waals surface area contributed by atoms with Crippen molar-refractivity contribution in [1.29, 1.82) is 5.26 Å². The van der Waals surface area contributed by atoms with E-state index in [0.29, 0.717) is 30.8 Å². The number of likely N-dealkylation sites (tertiary alicyclic amines) is 1. The lowest BCUT2D eigenvalue weighted by Crippen LogP contribution is -2.39. The SMILES string of the molecule is N#Cc1ccc(C(=O)N2CCC(CC(N)=O)CC2)nc1. The monoisotopic (exact) mass is 272 g/mol. The van der Waals surface area contributed by atoms with E-state index in [1.54, 1.807) is 17.0 Å². The number of nitrogens with zero attached hydrogens (tertiary/aromatic N) is 3. The number of hydrogen-bond donors (Lipinski definition) is 1. The van der Waals surface area contributed by atoms with Crippen LogP contribution in [0.3, 0.4) is 0 Å². The molecule has 0 saturated carbocycles. The summed E-state index contributed by atoms with van der Waals surface area (Å²) >= 11 is 0. The molecule has 1 aromatic rings. The number of hydrogen-bond acceptors (Lipinski definition) is 4. The molecule has 1 aromatic heterocycles. The Morgan fingerprint density at radius 3 is 2.60 bits per heavy atom. The Bertz CT molecular complexity index is 539. The van der Waals surface area contributed by atoms with Crippen LogP contribution < -0.4 is 5.73 Å². The molecule has 0 aliphatic carbocycles. The molecular formula is C14H16N4O2. The number of rotatable bonds is 3. The minimum Gasteiger partial charge on any atom is -0.370 e. The number of carbonyl (C=O) groups is 2. The van der Waals surface area contributed by atoms with Gasteiger partial charge >= 0.3 is 0 Å². The maximum atomic E-state index is 12.2. The van der Waals surface area contributed by atoms with Gasteiger partial charge in [0, 0.05) is 25.7 Å². The first-order chi connectivity index (χ1) is 9.60. The van der Waals surface area contributed by atoms with E-state index in [0.717, 1.165) is 12.8 Å². The van der Waals surface area contributed by atoms with Crippen LogP contribution in [-0.2, 0) is 4.79 Å². The molecule has 0 unspecified atom stereocenters. The average Bonchev–Trinajstić information content (AvgIpc) is 2.47. The molecule has 2 amide bonds. The summed E-state index contributed by atoms with van der Waals surface area (Å²) in [4.78, 5) is 28.8. The summed E-state index contributed by atoms with van der Waals surface area (Å²) in [5.41, 5.74) is 5.96. The second-order valence-corrected chi connectivity index (χ2v) is 4.95. The highest BCUT2D eigenvalue weighted by molar-refractivity contribution is 5.92. The third-order valence-electron chi connectivity index (χ3n) is 3.50. The minimum absolute atomic E-state index is 0.132. The second kappa shape index (κ2) is 6.15. The van der Waals surface area contributed by atoms with Crippen molar-refractivity contribution < 1.29 is 9.59 Å². The van der Waals surface area contributed by atoms with E-state index in [4.69, 9.17) is 11.0 Å². The molecule has 1 aliphatic heterocycles. The van der Waals surface area contributed by atoms with E-state index in [9.17, 15) is 9.59 Å². The highest BCUT2D eigenvalue weighted by Crippen LogP contribution is 2.21. The lowest BCUT2D eigenvalue weighted by atomic mass is 9.93. The molecular weight excluding hydrogens is 256 g/mol. The summed E-state index contributed by atoms with van der Waals surface area (Å²) in [5.74, 6) is -0.152. The standard InChI is InChI=1S/C14H16N4O2/c15-8-11-1-2-12(17-9-11)14(20)18-5-3-10(4-6-18)7-13(16)19/h1-2,9-10H,3-7H2,(H2,16,19). The van der Waals surface area contributed by atoms with Crippen molar-refractivity contribution in [3.63, 3.8) is 0 Å². The number of piperidine rings is 1. The van der Waals surface area contributed by atoms with Gasteiger partial charge in [0.15, 0.2) is 0 Å². The van der Waals surface area contributed by atoms with Crippen molar-refractivity contribution in [2.24, 2.45) is 11.7 Å². The van der Waals surface area contributed by atoms with E-state index in [2.05, 4.69) is 4.98 Å². The Morgan fingerprint density at radius 2 is 2.10 bits per heavy atom. The molecule has 1 saturated heterocycles. The molecule has 6 nitrogen and oxygen atoms in total. The van der Waals surface area contributed by atoms with E-state index in [1.165, 1.54) is 6.20 Å². The highest BCUT2D eigenvalue weighted by atomic mass is 16.2. The van der Waals surface area contributed by atoms with Gasteiger partial charge < -0.3 is 10.6 Å². The molecule has 1 fully saturated rings. The maximum Gasteiger partial charge on any atom is 0.272 e. The Balaban J connectivity index is 1.94. The Morgan fingerprint density at radius 1 is 1.40 bits per heavy atom. The van der Waals surface area contributed by atoms with Gasteiger partial charge in [-0.25, -0.2) is 4.98 Å². The zero-order valence-corrected chi connectivity index (χ0v) is 11.1. The van der Waals surface area contributed by atoms with Crippen molar-refractivity contribution in [1.82, 2.24) is 9.88 Å². The number of nitrogens with two attached hydrogens (primary N) is 1. The summed E-state index contributed by atoms with van der Waals surface area (Å²) < 4.78 is 0. The van der Waals surface area contributed by atoms with Crippen LogP contribution in [0.1, 0.15) is 35.3 Å². The Kier molecular flexibility index (Phi) is 4.31. The molecule has 0 spiro atoms. The number of aromatic nitrogens is 1. The summed E-state index contributed by atoms with van der Waals surface area (Å²) in [6, 6.07) is 5.11. The van der Waals surface area contributed by atoms with E-state index < -0.39 is 0 Å². The van der Waals surface area contributed by atoms with Gasteiger partial charge in [-0.05, 0) is 30.9 Å². The molecule has 0 atom stereocenters. The fourth-order valence-corrected chi connectivity index (χ4v) is 2.37. The summed E-state index contributed by atoms with van der Waals surface area (Å²) in [6.45, 7) is 1.22. The number of primary amides is 1. The third kappa shape index (κ3) is 3.32. The zero-order valence-electron chi connectivity index (χ0n) is 11.1. The van der Waals surface area contributed by atoms with Crippen LogP contribution >= 0.6 is 0 Å². The fraction of sp³-hybridized carbons (Fsp3) is 0.429.